The van der Waals surface area contributed by atoms with Gasteiger partial charge in [-0.25, -0.2) is 4.98 Å². The zero-order chi connectivity index (χ0) is 19.8. The number of nitrogens with zero attached hydrogens (tertiary/aromatic N) is 4. The van der Waals surface area contributed by atoms with Gasteiger partial charge < -0.3 is 9.80 Å². The number of hydrogen-bond donors (Lipinski definition) is 0. The molecule has 2 aromatic rings. The number of halogens is 3. The number of fused-ring (bicyclic) bond motifs is 1. The summed E-state index contributed by atoms with van der Waals surface area (Å²) in [6.07, 6.45) is -4.89. The zero-order valence-corrected chi connectivity index (χ0v) is 15.2. The predicted octanol–water partition coefficient (Wildman–Crippen LogP) is 2.14. The maximum absolute atomic E-state index is 13.3. The molecule has 0 spiro atoms. The fourth-order valence-electron chi connectivity index (χ4n) is 3.38. The second kappa shape index (κ2) is 7.30. The second-order valence-electron chi connectivity index (χ2n) is 6.56. The Morgan fingerprint density at radius 3 is 2.41 bits per heavy atom. The SMILES string of the molecule is CCN1CCN(C(=O)[C@H](C)n2c(=O)c(C(F)(F)F)nc3ccccc32)CC1. The van der Waals surface area contributed by atoms with Crippen molar-refractivity contribution >= 4 is 16.9 Å². The quantitative estimate of drug-likeness (QED) is 0.816. The molecule has 1 aromatic carbocycles. The Kier molecular flexibility index (Phi) is 5.23. The summed E-state index contributed by atoms with van der Waals surface area (Å²) < 4.78 is 40.8. The number of carbonyl (C=O) groups is 1. The van der Waals surface area contributed by atoms with Gasteiger partial charge in [0.05, 0.1) is 11.0 Å². The number of rotatable bonds is 3. The number of amides is 1. The molecule has 0 saturated carbocycles. The van der Waals surface area contributed by atoms with Crippen LogP contribution in [0.15, 0.2) is 29.1 Å². The van der Waals surface area contributed by atoms with Gasteiger partial charge in [-0.05, 0) is 25.6 Å². The van der Waals surface area contributed by atoms with Crippen LogP contribution < -0.4 is 5.56 Å². The molecule has 1 atom stereocenters. The Labute approximate surface area is 154 Å². The fourth-order valence-corrected chi connectivity index (χ4v) is 3.38. The highest BCUT2D eigenvalue weighted by Crippen LogP contribution is 2.27. The molecular formula is C18H21F3N4O2. The molecule has 0 bridgehead atoms. The first kappa shape index (κ1) is 19.3. The number of carbonyl (C=O) groups excluding carboxylic acids is 1. The fraction of sp³-hybridized carbons (Fsp3) is 0.500. The van der Waals surface area contributed by atoms with E-state index in [-0.39, 0.29) is 16.9 Å². The van der Waals surface area contributed by atoms with E-state index in [4.69, 9.17) is 0 Å². The molecule has 1 amide bonds. The average Bonchev–Trinajstić information content (AvgIpc) is 2.65. The molecule has 0 unspecified atom stereocenters. The summed E-state index contributed by atoms with van der Waals surface area (Å²) in [5.41, 5.74) is -2.56. The number of aromatic nitrogens is 2. The van der Waals surface area contributed by atoms with Gasteiger partial charge in [-0.1, -0.05) is 19.1 Å². The lowest BCUT2D eigenvalue weighted by Gasteiger charge is -2.35. The van der Waals surface area contributed by atoms with Crippen LogP contribution in [0.1, 0.15) is 25.6 Å². The molecule has 0 aliphatic carbocycles. The molecular weight excluding hydrogens is 361 g/mol. The van der Waals surface area contributed by atoms with Crippen LogP contribution in [0.2, 0.25) is 0 Å². The average molecular weight is 382 g/mol. The van der Waals surface area contributed by atoms with E-state index in [2.05, 4.69) is 9.88 Å². The highest BCUT2D eigenvalue weighted by Gasteiger charge is 2.38. The third-order valence-corrected chi connectivity index (χ3v) is 4.94. The summed E-state index contributed by atoms with van der Waals surface area (Å²) in [6.45, 7) is 6.75. The van der Waals surface area contributed by atoms with Crippen molar-refractivity contribution in [2.75, 3.05) is 32.7 Å². The Hall–Kier alpha value is -2.42. The van der Waals surface area contributed by atoms with E-state index in [1.54, 1.807) is 17.0 Å². The third-order valence-electron chi connectivity index (χ3n) is 4.94. The summed E-state index contributed by atoms with van der Waals surface area (Å²) in [4.78, 5) is 32.7. The van der Waals surface area contributed by atoms with Crippen molar-refractivity contribution in [2.45, 2.75) is 26.1 Å². The maximum Gasteiger partial charge on any atom is 0.438 e. The van der Waals surface area contributed by atoms with Gasteiger partial charge in [-0.15, -0.1) is 0 Å². The smallest absolute Gasteiger partial charge is 0.338 e. The van der Waals surface area contributed by atoms with Crippen LogP contribution in [-0.2, 0) is 11.0 Å². The molecule has 1 fully saturated rings. The normalized spacial score (nSPS) is 17.3. The van der Waals surface area contributed by atoms with Gasteiger partial charge in [-0.3, -0.25) is 14.2 Å². The van der Waals surface area contributed by atoms with Crippen LogP contribution in [0.4, 0.5) is 13.2 Å². The van der Waals surface area contributed by atoms with Gasteiger partial charge in [0.2, 0.25) is 11.6 Å². The summed E-state index contributed by atoms with van der Waals surface area (Å²) >= 11 is 0. The number of para-hydroxylation sites is 2. The van der Waals surface area contributed by atoms with Crippen molar-refractivity contribution in [1.82, 2.24) is 19.4 Å². The summed E-state index contributed by atoms with van der Waals surface area (Å²) in [7, 11) is 0. The molecule has 6 nitrogen and oxygen atoms in total. The summed E-state index contributed by atoms with van der Waals surface area (Å²) in [6, 6.07) is 4.99. The topological polar surface area (TPSA) is 58.4 Å². The minimum absolute atomic E-state index is 0.0277. The lowest BCUT2D eigenvalue weighted by Crippen LogP contribution is -2.51. The van der Waals surface area contributed by atoms with Gasteiger partial charge in [0, 0.05) is 26.2 Å². The Morgan fingerprint density at radius 1 is 1.19 bits per heavy atom. The maximum atomic E-state index is 13.3. The molecule has 1 saturated heterocycles. The van der Waals surface area contributed by atoms with E-state index >= 15 is 0 Å². The van der Waals surface area contributed by atoms with Gasteiger partial charge in [0.25, 0.3) is 5.56 Å². The number of benzene rings is 1. The van der Waals surface area contributed by atoms with Gasteiger partial charge >= 0.3 is 6.18 Å². The minimum atomic E-state index is -4.89. The molecule has 9 heteroatoms. The van der Waals surface area contributed by atoms with Crippen molar-refractivity contribution in [3.8, 4) is 0 Å². The molecule has 2 heterocycles. The minimum Gasteiger partial charge on any atom is -0.338 e. The zero-order valence-electron chi connectivity index (χ0n) is 15.2. The van der Waals surface area contributed by atoms with E-state index < -0.39 is 23.5 Å². The van der Waals surface area contributed by atoms with Crippen molar-refractivity contribution in [2.24, 2.45) is 0 Å². The lowest BCUT2D eigenvalue weighted by atomic mass is 10.2. The van der Waals surface area contributed by atoms with E-state index in [1.807, 2.05) is 6.92 Å². The number of hydrogen-bond acceptors (Lipinski definition) is 4. The van der Waals surface area contributed by atoms with Crippen LogP contribution in [0.25, 0.3) is 11.0 Å². The lowest BCUT2D eigenvalue weighted by molar-refractivity contribution is -0.143. The van der Waals surface area contributed by atoms with Crippen molar-refractivity contribution in [1.29, 1.82) is 0 Å². The number of piperazine rings is 1. The van der Waals surface area contributed by atoms with Crippen LogP contribution >= 0.6 is 0 Å². The number of likely N-dealkylation sites (N-methyl/N-ethyl adjacent to an activating group) is 1. The van der Waals surface area contributed by atoms with Crippen LogP contribution in [-0.4, -0.2) is 58.0 Å². The molecule has 1 aliphatic rings. The van der Waals surface area contributed by atoms with E-state index in [1.165, 1.54) is 19.1 Å². The van der Waals surface area contributed by atoms with Gasteiger partial charge in [0.1, 0.15) is 6.04 Å². The predicted molar refractivity (Wildman–Crippen MR) is 94.4 cm³/mol. The highest BCUT2D eigenvalue weighted by molar-refractivity contribution is 5.83. The first-order valence-corrected chi connectivity index (χ1v) is 8.83. The van der Waals surface area contributed by atoms with Crippen molar-refractivity contribution in [3.63, 3.8) is 0 Å². The first-order chi connectivity index (χ1) is 12.7. The van der Waals surface area contributed by atoms with Crippen molar-refractivity contribution < 1.29 is 18.0 Å². The monoisotopic (exact) mass is 382 g/mol. The highest BCUT2D eigenvalue weighted by atomic mass is 19.4. The summed E-state index contributed by atoms with van der Waals surface area (Å²) in [5, 5.41) is 0. The van der Waals surface area contributed by atoms with Crippen LogP contribution in [0.3, 0.4) is 0 Å². The summed E-state index contributed by atoms with van der Waals surface area (Å²) in [5.74, 6) is -0.364. The second-order valence-corrected chi connectivity index (χ2v) is 6.56. The van der Waals surface area contributed by atoms with Gasteiger partial charge in [-0.2, -0.15) is 13.2 Å². The van der Waals surface area contributed by atoms with E-state index in [0.29, 0.717) is 26.2 Å². The Morgan fingerprint density at radius 2 is 1.81 bits per heavy atom. The third kappa shape index (κ3) is 3.69. The van der Waals surface area contributed by atoms with Gasteiger partial charge in [0.15, 0.2) is 0 Å². The molecule has 0 radical (unpaired) electrons. The Balaban J connectivity index is 2.03. The molecule has 0 N–H and O–H groups in total. The largest absolute Gasteiger partial charge is 0.438 e. The first-order valence-electron chi connectivity index (χ1n) is 8.83. The van der Waals surface area contributed by atoms with E-state index in [0.717, 1.165) is 11.1 Å². The molecule has 27 heavy (non-hydrogen) atoms. The van der Waals surface area contributed by atoms with Crippen molar-refractivity contribution in [3.05, 3.63) is 40.3 Å². The standard InChI is InChI=1S/C18H21F3N4O2/c1-3-23-8-10-24(11-9-23)16(26)12(2)25-14-7-5-4-6-13(14)22-15(17(25)27)18(19,20)21/h4-7,12H,3,8-11H2,1-2H3/t12-/m0/s1. The Bertz CT molecular complexity index is 902. The molecule has 146 valence electrons. The molecule has 1 aromatic heterocycles. The van der Waals surface area contributed by atoms with E-state index in [9.17, 15) is 22.8 Å². The molecule has 3 rings (SSSR count). The molecule has 1 aliphatic heterocycles. The van der Waals surface area contributed by atoms with Crippen LogP contribution in [0, 0.1) is 0 Å². The van der Waals surface area contributed by atoms with Crippen LogP contribution in [0.5, 0.6) is 0 Å². The number of alkyl halides is 3.